The lowest BCUT2D eigenvalue weighted by atomic mass is 10.0. The maximum Gasteiger partial charge on any atom is 0.268 e. The standard InChI is InChI=1S/C16H27ClN4O/c1-5-20-6-8-21(9-7-20)12-16(2,3)18-15(22)14-10-13(17)11-19(14)4/h10-11H,5-9,12H2,1-4H3,(H,18,22). The third-order valence-corrected chi connectivity index (χ3v) is 4.39. The van der Waals surface area contributed by atoms with Gasteiger partial charge < -0.3 is 14.8 Å². The van der Waals surface area contributed by atoms with Gasteiger partial charge in [0.15, 0.2) is 0 Å². The number of amides is 1. The quantitative estimate of drug-likeness (QED) is 0.897. The van der Waals surface area contributed by atoms with E-state index in [0.29, 0.717) is 10.7 Å². The number of nitrogens with one attached hydrogen (secondary N) is 1. The van der Waals surface area contributed by atoms with Crippen LogP contribution >= 0.6 is 11.6 Å². The van der Waals surface area contributed by atoms with Gasteiger partial charge >= 0.3 is 0 Å². The number of hydrogen-bond acceptors (Lipinski definition) is 3. The topological polar surface area (TPSA) is 40.5 Å². The molecule has 1 aliphatic rings. The molecule has 1 amide bonds. The van der Waals surface area contributed by atoms with Crippen molar-refractivity contribution >= 4 is 17.5 Å². The van der Waals surface area contributed by atoms with E-state index in [9.17, 15) is 4.79 Å². The van der Waals surface area contributed by atoms with Crippen molar-refractivity contribution in [2.45, 2.75) is 26.3 Å². The summed E-state index contributed by atoms with van der Waals surface area (Å²) >= 11 is 5.95. The van der Waals surface area contributed by atoms with Crippen LogP contribution in [-0.4, -0.2) is 65.1 Å². The molecule has 0 spiro atoms. The van der Waals surface area contributed by atoms with E-state index in [2.05, 4.69) is 35.9 Å². The number of piperazine rings is 1. The molecule has 1 aliphatic heterocycles. The summed E-state index contributed by atoms with van der Waals surface area (Å²) in [6.07, 6.45) is 1.74. The number of carbonyl (C=O) groups is 1. The number of aromatic nitrogens is 1. The lowest BCUT2D eigenvalue weighted by Gasteiger charge is -2.38. The number of nitrogens with zero attached hydrogens (tertiary/aromatic N) is 3. The first kappa shape index (κ1) is 17.3. The van der Waals surface area contributed by atoms with E-state index in [-0.39, 0.29) is 11.4 Å². The molecule has 1 N–H and O–H groups in total. The molecular formula is C16H27ClN4O. The molecule has 0 aromatic carbocycles. The summed E-state index contributed by atoms with van der Waals surface area (Å²) in [7, 11) is 1.83. The van der Waals surface area contributed by atoms with Gasteiger partial charge in [0.2, 0.25) is 0 Å². The summed E-state index contributed by atoms with van der Waals surface area (Å²) in [6.45, 7) is 12.6. The molecule has 2 rings (SSSR count). The number of likely N-dealkylation sites (N-methyl/N-ethyl adjacent to an activating group) is 1. The van der Waals surface area contributed by atoms with Crippen LogP contribution in [0, 0.1) is 0 Å². The van der Waals surface area contributed by atoms with E-state index in [1.807, 2.05) is 7.05 Å². The fourth-order valence-corrected chi connectivity index (χ4v) is 3.23. The smallest absolute Gasteiger partial charge is 0.268 e. The molecule has 0 saturated carbocycles. The lowest BCUT2D eigenvalue weighted by Crippen LogP contribution is -2.55. The van der Waals surface area contributed by atoms with Gasteiger partial charge in [0.05, 0.1) is 5.02 Å². The Balaban J connectivity index is 1.90. The van der Waals surface area contributed by atoms with Gasteiger partial charge in [-0.25, -0.2) is 0 Å². The van der Waals surface area contributed by atoms with Crippen molar-refractivity contribution < 1.29 is 4.79 Å². The lowest BCUT2D eigenvalue weighted by molar-refractivity contribution is 0.0827. The van der Waals surface area contributed by atoms with E-state index < -0.39 is 0 Å². The van der Waals surface area contributed by atoms with Crippen LogP contribution in [0.4, 0.5) is 0 Å². The van der Waals surface area contributed by atoms with Crippen LogP contribution in [-0.2, 0) is 7.05 Å². The largest absolute Gasteiger partial charge is 0.345 e. The van der Waals surface area contributed by atoms with Crippen molar-refractivity contribution in [1.29, 1.82) is 0 Å². The van der Waals surface area contributed by atoms with Gasteiger partial charge in [0.1, 0.15) is 5.69 Å². The predicted octanol–water partition coefficient (Wildman–Crippen LogP) is 1.82. The highest BCUT2D eigenvalue weighted by Gasteiger charge is 2.27. The molecule has 6 heteroatoms. The Morgan fingerprint density at radius 2 is 1.86 bits per heavy atom. The fraction of sp³-hybridized carbons (Fsp3) is 0.688. The Labute approximate surface area is 138 Å². The van der Waals surface area contributed by atoms with Crippen LogP contribution in [0.25, 0.3) is 0 Å². The molecule has 1 aromatic rings. The van der Waals surface area contributed by atoms with Crippen LogP contribution in [0.5, 0.6) is 0 Å². The average Bonchev–Trinajstić information content (AvgIpc) is 2.77. The molecule has 0 aliphatic carbocycles. The Morgan fingerprint density at radius 1 is 1.27 bits per heavy atom. The van der Waals surface area contributed by atoms with Crippen molar-refractivity contribution in [2.24, 2.45) is 7.05 Å². The zero-order valence-electron chi connectivity index (χ0n) is 14.0. The number of hydrogen-bond donors (Lipinski definition) is 1. The monoisotopic (exact) mass is 326 g/mol. The summed E-state index contributed by atoms with van der Waals surface area (Å²) in [4.78, 5) is 17.3. The average molecular weight is 327 g/mol. The van der Waals surface area contributed by atoms with Crippen molar-refractivity contribution in [3.63, 3.8) is 0 Å². The second-order valence-corrected chi connectivity index (χ2v) is 7.14. The number of aryl methyl sites for hydroxylation is 1. The van der Waals surface area contributed by atoms with E-state index in [0.717, 1.165) is 39.3 Å². The van der Waals surface area contributed by atoms with E-state index in [1.54, 1.807) is 16.8 Å². The van der Waals surface area contributed by atoms with E-state index in [1.165, 1.54) is 0 Å². The van der Waals surface area contributed by atoms with Gasteiger partial charge in [-0.3, -0.25) is 9.69 Å². The Morgan fingerprint density at radius 3 is 2.36 bits per heavy atom. The summed E-state index contributed by atoms with van der Waals surface area (Å²) in [5, 5.41) is 3.71. The highest BCUT2D eigenvalue weighted by atomic mass is 35.5. The van der Waals surface area contributed by atoms with Gasteiger partial charge in [0, 0.05) is 51.5 Å². The molecule has 2 heterocycles. The normalized spacial score (nSPS) is 17.7. The second-order valence-electron chi connectivity index (χ2n) is 6.70. The summed E-state index contributed by atoms with van der Waals surface area (Å²) in [5.41, 5.74) is 0.316. The molecule has 124 valence electrons. The van der Waals surface area contributed by atoms with E-state index in [4.69, 9.17) is 11.6 Å². The maximum atomic E-state index is 12.4. The minimum absolute atomic E-state index is 0.0772. The van der Waals surface area contributed by atoms with Gasteiger partial charge in [-0.15, -0.1) is 0 Å². The van der Waals surface area contributed by atoms with Crippen LogP contribution in [0.15, 0.2) is 12.3 Å². The molecule has 0 bridgehead atoms. The fourth-order valence-electron chi connectivity index (χ4n) is 2.98. The third-order valence-electron chi connectivity index (χ3n) is 4.19. The Kier molecular flexibility index (Phi) is 5.53. The van der Waals surface area contributed by atoms with Crippen LogP contribution in [0.1, 0.15) is 31.3 Å². The minimum atomic E-state index is -0.276. The molecule has 0 unspecified atom stereocenters. The number of carbonyl (C=O) groups excluding carboxylic acids is 1. The van der Waals surface area contributed by atoms with E-state index >= 15 is 0 Å². The Bertz CT molecular complexity index is 518. The predicted molar refractivity (Wildman–Crippen MR) is 90.5 cm³/mol. The summed E-state index contributed by atoms with van der Waals surface area (Å²) in [5.74, 6) is -0.0772. The van der Waals surface area contributed by atoms with Crippen molar-refractivity contribution in [3.8, 4) is 0 Å². The van der Waals surface area contributed by atoms with Crippen molar-refractivity contribution in [1.82, 2.24) is 19.7 Å². The summed E-state index contributed by atoms with van der Waals surface area (Å²) in [6, 6.07) is 1.70. The maximum absolute atomic E-state index is 12.4. The van der Waals surface area contributed by atoms with Crippen molar-refractivity contribution in [2.75, 3.05) is 39.3 Å². The van der Waals surface area contributed by atoms with Crippen molar-refractivity contribution in [3.05, 3.63) is 23.0 Å². The molecular weight excluding hydrogens is 300 g/mol. The van der Waals surface area contributed by atoms with Crippen LogP contribution in [0.3, 0.4) is 0 Å². The molecule has 5 nitrogen and oxygen atoms in total. The van der Waals surface area contributed by atoms with Gasteiger partial charge in [0.25, 0.3) is 5.91 Å². The molecule has 1 saturated heterocycles. The highest BCUT2D eigenvalue weighted by molar-refractivity contribution is 6.31. The minimum Gasteiger partial charge on any atom is -0.345 e. The highest BCUT2D eigenvalue weighted by Crippen LogP contribution is 2.15. The van der Waals surface area contributed by atoms with Crippen LogP contribution < -0.4 is 5.32 Å². The first-order chi connectivity index (χ1) is 10.3. The second kappa shape index (κ2) is 7.02. The number of halogens is 1. The van der Waals surface area contributed by atoms with Crippen LogP contribution in [0.2, 0.25) is 5.02 Å². The number of rotatable bonds is 5. The molecule has 22 heavy (non-hydrogen) atoms. The first-order valence-corrected chi connectivity index (χ1v) is 8.27. The third kappa shape index (κ3) is 4.48. The van der Waals surface area contributed by atoms with Gasteiger partial charge in [-0.1, -0.05) is 18.5 Å². The molecule has 0 radical (unpaired) electrons. The summed E-state index contributed by atoms with van der Waals surface area (Å²) < 4.78 is 1.76. The molecule has 0 atom stereocenters. The molecule has 1 aromatic heterocycles. The SMILES string of the molecule is CCN1CCN(CC(C)(C)NC(=O)c2cc(Cl)cn2C)CC1. The Hall–Kier alpha value is -1.04. The van der Waals surface area contributed by atoms with Gasteiger partial charge in [-0.2, -0.15) is 0 Å². The zero-order chi connectivity index (χ0) is 16.3. The van der Waals surface area contributed by atoms with Gasteiger partial charge in [-0.05, 0) is 26.5 Å². The zero-order valence-corrected chi connectivity index (χ0v) is 14.8. The first-order valence-electron chi connectivity index (χ1n) is 7.90. The molecule has 1 fully saturated rings.